The number of carbonyl (C=O) groups is 1. The maximum Gasteiger partial charge on any atom is 0.491 e. The Labute approximate surface area is 156 Å². The molecule has 0 spiro atoms. The molecular weight excluding hydrogens is 391 g/mol. The van der Waals surface area contributed by atoms with E-state index in [1.165, 1.54) is 18.7 Å². The molecule has 1 heterocycles. The fourth-order valence-corrected chi connectivity index (χ4v) is 3.17. The largest absolute Gasteiger partial charge is 0.507 e. The number of halogens is 1. The standard InChI is InChI=1S/C17H22BBrO4S/c1-11(20)24-10-13(8-12-9-14(19)6-7-15(12)21)18-22-16(2,3)17(4,5)23-18/h6-9,21H,10H2,1-5H3. The highest BCUT2D eigenvalue weighted by Gasteiger charge is 2.52. The van der Waals surface area contributed by atoms with Crippen molar-refractivity contribution in [2.24, 2.45) is 0 Å². The normalized spacial score (nSPS) is 19.6. The zero-order valence-corrected chi connectivity index (χ0v) is 17.0. The fourth-order valence-electron chi connectivity index (χ4n) is 2.20. The molecule has 24 heavy (non-hydrogen) atoms. The molecule has 0 aliphatic carbocycles. The molecule has 1 saturated heterocycles. The van der Waals surface area contributed by atoms with E-state index in [0.717, 1.165) is 9.95 Å². The number of thioether (sulfide) groups is 1. The monoisotopic (exact) mass is 412 g/mol. The van der Waals surface area contributed by atoms with Crippen LogP contribution in [0.3, 0.4) is 0 Å². The van der Waals surface area contributed by atoms with Crippen LogP contribution in [0.25, 0.3) is 6.08 Å². The minimum absolute atomic E-state index is 0.0240. The van der Waals surface area contributed by atoms with Crippen LogP contribution < -0.4 is 0 Å². The Morgan fingerprint density at radius 2 is 1.88 bits per heavy atom. The summed E-state index contributed by atoms with van der Waals surface area (Å²) in [6, 6.07) is 5.21. The van der Waals surface area contributed by atoms with E-state index in [2.05, 4.69) is 15.9 Å². The highest BCUT2D eigenvalue weighted by atomic mass is 79.9. The van der Waals surface area contributed by atoms with Crippen LogP contribution in [0.5, 0.6) is 5.75 Å². The molecule has 7 heteroatoms. The molecule has 0 radical (unpaired) electrons. The summed E-state index contributed by atoms with van der Waals surface area (Å²) >= 11 is 4.60. The van der Waals surface area contributed by atoms with Gasteiger partial charge in [0.1, 0.15) is 5.75 Å². The van der Waals surface area contributed by atoms with Crippen molar-refractivity contribution in [2.75, 3.05) is 5.75 Å². The van der Waals surface area contributed by atoms with E-state index in [1.54, 1.807) is 12.1 Å². The fraction of sp³-hybridized carbons (Fsp3) is 0.471. The quantitative estimate of drug-likeness (QED) is 0.740. The average Bonchev–Trinajstić information content (AvgIpc) is 2.66. The number of hydrogen-bond acceptors (Lipinski definition) is 5. The summed E-state index contributed by atoms with van der Waals surface area (Å²) in [7, 11) is -0.555. The number of phenols is 1. The van der Waals surface area contributed by atoms with E-state index >= 15 is 0 Å². The van der Waals surface area contributed by atoms with Gasteiger partial charge in [0.2, 0.25) is 0 Å². The molecular formula is C17H22BBrO4S. The van der Waals surface area contributed by atoms with E-state index in [9.17, 15) is 9.90 Å². The number of hydrogen-bond donors (Lipinski definition) is 1. The van der Waals surface area contributed by atoms with Crippen molar-refractivity contribution in [1.29, 1.82) is 0 Å². The Balaban J connectivity index is 2.37. The third kappa shape index (κ3) is 4.45. The number of phenolic OH excluding ortho intramolecular Hbond substituents is 1. The van der Waals surface area contributed by atoms with Gasteiger partial charge < -0.3 is 14.4 Å². The Morgan fingerprint density at radius 3 is 2.42 bits per heavy atom. The number of carbonyl (C=O) groups excluding carboxylic acids is 1. The molecule has 1 aliphatic heterocycles. The smallest absolute Gasteiger partial charge is 0.491 e. The molecule has 0 amide bonds. The van der Waals surface area contributed by atoms with Gasteiger partial charge in [-0.3, -0.25) is 4.79 Å². The van der Waals surface area contributed by atoms with Gasteiger partial charge in [0.05, 0.1) is 11.2 Å². The zero-order chi connectivity index (χ0) is 18.1. The number of aromatic hydroxyl groups is 1. The highest BCUT2D eigenvalue weighted by molar-refractivity contribution is 9.10. The van der Waals surface area contributed by atoms with Gasteiger partial charge in [-0.05, 0) is 51.4 Å². The Bertz CT molecular complexity index is 657. The van der Waals surface area contributed by atoms with Gasteiger partial charge in [0, 0.05) is 22.7 Å². The molecule has 0 saturated carbocycles. The SMILES string of the molecule is CC(=O)SCC(=Cc1cc(Br)ccc1O)B1OC(C)(C)C(C)(C)O1. The first-order valence-electron chi connectivity index (χ1n) is 7.70. The van der Waals surface area contributed by atoms with Crippen LogP contribution >= 0.6 is 27.7 Å². The van der Waals surface area contributed by atoms with Gasteiger partial charge in [-0.1, -0.05) is 33.8 Å². The summed E-state index contributed by atoms with van der Waals surface area (Å²) in [5.74, 6) is 0.609. The molecule has 0 aromatic heterocycles. The first-order valence-corrected chi connectivity index (χ1v) is 9.48. The second-order valence-electron chi connectivity index (χ2n) is 6.79. The number of rotatable bonds is 4. The highest BCUT2D eigenvalue weighted by Crippen LogP contribution is 2.39. The molecule has 1 aliphatic rings. The lowest BCUT2D eigenvalue weighted by Gasteiger charge is -2.32. The molecule has 1 fully saturated rings. The Kier molecular flexibility index (Phi) is 5.90. The summed E-state index contributed by atoms with van der Waals surface area (Å²) < 4.78 is 13.0. The van der Waals surface area contributed by atoms with Crippen molar-refractivity contribution in [2.45, 2.75) is 45.8 Å². The van der Waals surface area contributed by atoms with E-state index in [1.807, 2.05) is 39.8 Å². The molecule has 4 nitrogen and oxygen atoms in total. The summed E-state index contributed by atoms with van der Waals surface area (Å²) in [6.45, 7) is 9.47. The van der Waals surface area contributed by atoms with Gasteiger partial charge in [-0.25, -0.2) is 0 Å². The number of benzene rings is 1. The minimum atomic E-state index is -0.555. The maximum absolute atomic E-state index is 11.4. The van der Waals surface area contributed by atoms with Crippen LogP contribution in [0.4, 0.5) is 0 Å². The van der Waals surface area contributed by atoms with Gasteiger partial charge in [0.15, 0.2) is 5.12 Å². The second-order valence-corrected chi connectivity index (χ2v) is 8.86. The molecule has 0 atom stereocenters. The lowest BCUT2D eigenvalue weighted by atomic mass is 9.78. The first-order chi connectivity index (χ1) is 11.0. The zero-order valence-electron chi connectivity index (χ0n) is 14.6. The summed E-state index contributed by atoms with van der Waals surface area (Å²) in [6.07, 6.45) is 1.83. The minimum Gasteiger partial charge on any atom is -0.507 e. The predicted octanol–water partition coefficient (Wildman–Crippen LogP) is 4.45. The lowest BCUT2D eigenvalue weighted by molar-refractivity contribution is -0.109. The van der Waals surface area contributed by atoms with Gasteiger partial charge in [-0.2, -0.15) is 0 Å². The summed E-state index contributed by atoms with van der Waals surface area (Å²) in [4.78, 5) is 11.4. The van der Waals surface area contributed by atoms with Crippen molar-refractivity contribution in [3.63, 3.8) is 0 Å². The molecule has 0 bridgehead atoms. The molecule has 130 valence electrons. The summed E-state index contributed by atoms with van der Waals surface area (Å²) in [5, 5.41) is 10.1. The van der Waals surface area contributed by atoms with E-state index in [4.69, 9.17) is 9.31 Å². The van der Waals surface area contributed by atoms with Crippen LogP contribution in [0.2, 0.25) is 0 Å². The molecule has 1 aromatic carbocycles. The second kappa shape index (κ2) is 7.24. The predicted molar refractivity (Wildman–Crippen MR) is 103 cm³/mol. The van der Waals surface area contributed by atoms with Crippen LogP contribution in [0, 0.1) is 0 Å². The molecule has 2 rings (SSSR count). The molecule has 1 N–H and O–H groups in total. The van der Waals surface area contributed by atoms with E-state index in [-0.39, 0.29) is 10.9 Å². The molecule has 1 aromatic rings. The average molecular weight is 413 g/mol. The third-order valence-corrected chi connectivity index (χ3v) is 5.71. The van der Waals surface area contributed by atoms with Crippen molar-refractivity contribution >= 4 is 46.0 Å². The Hall–Kier alpha value is -0.755. The topological polar surface area (TPSA) is 55.8 Å². The van der Waals surface area contributed by atoms with Gasteiger partial charge in [0.25, 0.3) is 0 Å². The van der Waals surface area contributed by atoms with Crippen LogP contribution in [-0.4, -0.2) is 34.3 Å². The van der Waals surface area contributed by atoms with Crippen molar-refractivity contribution in [3.05, 3.63) is 33.7 Å². The van der Waals surface area contributed by atoms with Crippen molar-refractivity contribution < 1.29 is 19.2 Å². The van der Waals surface area contributed by atoms with Crippen LogP contribution in [0.1, 0.15) is 40.2 Å². The first kappa shape index (κ1) is 19.6. The molecule has 0 unspecified atom stereocenters. The van der Waals surface area contributed by atoms with Crippen molar-refractivity contribution in [3.8, 4) is 5.75 Å². The van der Waals surface area contributed by atoms with Crippen molar-refractivity contribution in [1.82, 2.24) is 0 Å². The van der Waals surface area contributed by atoms with Crippen LogP contribution in [-0.2, 0) is 14.1 Å². The summed E-state index contributed by atoms with van der Waals surface area (Å²) in [5.41, 5.74) is 0.536. The Morgan fingerprint density at radius 1 is 1.29 bits per heavy atom. The van der Waals surface area contributed by atoms with Crippen LogP contribution in [0.15, 0.2) is 28.1 Å². The van der Waals surface area contributed by atoms with Gasteiger partial charge in [-0.15, -0.1) is 0 Å². The lowest BCUT2D eigenvalue weighted by Crippen LogP contribution is -2.41. The third-order valence-electron chi connectivity index (χ3n) is 4.33. The van der Waals surface area contributed by atoms with E-state index in [0.29, 0.717) is 11.3 Å². The maximum atomic E-state index is 11.4. The van der Waals surface area contributed by atoms with Gasteiger partial charge >= 0.3 is 7.12 Å². The van der Waals surface area contributed by atoms with E-state index < -0.39 is 18.3 Å².